The van der Waals surface area contributed by atoms with Gasteiger partial charge >= 0.3 is 5.97 Å². The van der Waals surface area contributed by atoms with Crippen LogP contribution in [-0.2, 0) is 4.74 Å². The lowest BCUT2D eigenvalue weighted by molar-refractivity contribution is 0.0473. The molecule has 0 heterocycles. The molecule has 0 fully saturated rings. The van der Waals surface area contributed by atoms with Gasteiger partial charge in [0.1, 0.15) is 11.5 Å². The maximum Gasteiger partial charge on any atom is 0.338 e. The van der Waals surface area contributed by atoms with Gasteiger partial charge in [-0.25, -0.2) is 4.79 Å². The molecular weight excluding hydrogens is 376 g/mol. The number of halogens is 1. The minimum absolute atomic E-state index is 0.128. The number of hydrogen-bond acceptors (Lipinski definition) is 7. The lowest BCUT2D eigenvalue weighted by Gasteiger charge is -2.12. The van der Waals surface area contributed by atoms with E-state index in [-0.39, 0.29) is 21.9 Å². The van der Waals surface area contributed by atoms with Gasteiger partial charge in [0, 0.05) is 0 Å². The summed E-state index contributed by atoms with van der Waals surface area (Å²) < 4.78 is 25.6. The van der Waals surface area contributed by atoms with Gasteiger partial charge in [0.05, 0.1) is 44.6 Å². The highest BCUT2D eigenvalue weighted by molar-refractivity contribution is 6.32. The minimum Gasteiger partial charge on any atom is -0.497 e. The van der Waals surface area contributed by atoms with Gasteiger partial charge in [-0.05, 0) is 30.3 Å². The Bertz CT molecular complexity index is 848. The Morgan fingerprint density at radius 1 is 0.889 bits per heavy atom. The molecule has 0 aromatic heterocycles. The SMILES string of the molecule is COc1ccc(OC)c(C(=O)COC(=O)c2cc(Cl)c(OC)c(OC)c2)c1. The maximum atomic E-state index is 12.4. The second-order valence-electron chi connectivity index (χ2n) is 5.26. The van der Waals surface area contributed by atoms with Gasteiger partial charge in [-0.3, -0.25) is 4.79 Å². The van der Waals surface area contributed by atoms with Crippen LogP contribution < -0.4 is 18.9 Å². The number of Topliss-reactive ketones (excluding diaryl/α,β-unsaturated/α-hetero) is 1. The average Bonchev–Trinajstić information content (AvgIpc) is 2.70. The van der Waals surface area contributed by atoms with Crippen LogP contribution in [0.3, 0.4) is 0 Å². The smallest absolute Gasteiger partial charge is 0.338 e. The summed E-state index contributed by atoms with van der Waals surface area (Å²) in [5.74, 6) is 0.243. The minimum atomic E-state index is -0.729. The molecule has 0 aliphatic rings. The molecule has 2 rings (SSSR count). The third-order valence-corrected chi connectivity index (χ3v) is 3.99. The van der Waals surface area contributed by atoms with E-state index in [1.54, 1.807) is 12.1 Å². The maximum absolute atomic E-state index is 12.4. The quantitative estimate of drug-likeness (QED) is 0.501. The van der Waals surface area contributed by atoms with Crippen molar-refractivity contribution in [2.45, 2.75) is 0 Å². The molecule has 0 saturated heterocycles. The Morgan fingerprint density at radius 2 is 1.59 bits per heavy atom. The molecule has 0 aliphatic heterocycles. The molecule has 7 nitrogen and oxygen atoms in total. The van der Waals surface area contributed by atoms with Gasteiger partial charge in [-0.2, -0.15) is 0 Å². The fourth-order valence-electron chi connectivity index (χ4n) is 2.36. The van der Waals surface area contributed by atoms with Crippen molar-refractivity contribution in [1.29, 1.82) is 0 Å². The standard InChI is InChI=1S/C19H19ClO7/c1-23-12-5-6-16(24-2)13(9-12)15(21)10-27-19(22)11-7-14(20)18(26-4)17(8-11)25-3/h5-9H,10H2,1-4H3. The summed E-state index contributed by atoms with van der Waals surface area (Å²) in [6.45, 7) is -0.478. The predicted molar refractivity (Wildman–Crippen MR) is 98.7 cm³/mol. The molecule has 0 N–H and O–H groups in total. The Balaban J connectivity index is 2.16. The summed E-state index contributed by atoms with van der Waals surface area (Å²) in [4.78, 5) is 24.7. The summed E-state index contributed by atoms with van der Waals surface area (Å²) in [6, 6.07) is 7.57. The summed E-state index contributed by atoms with van der Waals surface area (Å²) >= 11 is 6.08. The largest absolute Gasteiger partial charge is 0.497 e. The Morgan fingerprint density at radius 3 is 2.19 bits per heavy atom. The molecule has 0 radical (unpaired) electrons. The topological polar surface area (TPSA) is 80.3 Å². The van der Waals surface area contributed by atoms with Gasteiger partial charge in [0.2, 0.25) is 5.78 Å². The van der Waals surface area contributed by atoms with Crippen molar-refractivity contribution in [3.8, 4) is 23.0 Å². The van der Waals surface area contributed by atoms with Crippen LogP contribution >= 0.6 is 11.6 Å². The third-order valence-electron chi connectivity index (χ3n) is 3.71. The molecule has 0 aliphatic carbocycles. The third kappa shape index (κ3) is 4.62. The van der Waals surface area contributed by atoms with Crippen molar-refractivity contribution in [2.75, 3.05) is 35.0 Å². The molecule has 144 valence electrons. The molecule has 0 unspecified atom stereocenters. The fraction of sp³-hybridized carbons (Fsp3) is 0.263. The monoisotopic (exact) mass is 394 g/mol. The summed E-state index contributed by atoms with van der Waals surface area (Å²) in [5, 5.41) is 0.185. The first kappa shape index (κ1) is 20.4. The van der Waals surface area contributed by atoms with Crippen molar-refractivity contribution in [2.24, 2.45) is 0 Å². The Labute approximate surface area is 161 Å². The summed E-state index contributed by atoms with van der Waals surface area (Å²) in [5.41, 5.74) is 0.373. The van der Waals surface area contributed by atoms with E-state index in [1.807, 2.05) is 0 Å². The molecule has 2 aromatic rings. The molecule has 0 bridgehead atoms. The number of ether oxygens (including phenoxy) is 5. The summed E-state index contributed by atoms with van der Waals surface area (Å²) in [7, 11) is 5.77. The van der Waals surface area contributed by atoms with E-state index in [9.17, 15) is 9.59 Å². The van der Waals surface area contributed by atoms with Crippen LogP contribution in [0.15, 0.2) is 30.3 Å². The van der Waals surface area contributed by atoms with Crippen LogP contribution in [0.25, 0.3) is 0 Å². The van der Waals surface area contributed by atoms with Gasteiger partial charge in [-0.1, -0.05) is 11.6 Å². The zero-order chi connectivity index (χ0) is 20.0. The van der Waals surface area contributed by atoms with Crippen molar-refractivity contribution in [3.05, 3.63) is 46.5 Å². The second kappa shape index (κ2) is 9.14. The highest BCUT2D eigenvalue weighted by atomic mass is 35.5. The fourth-order valence-corrected chi connectivity index (χ4v) is 2.65. The van der Waals surface area contributed by atoms with E-state index in [4.69, 9.17) is 35.3 Å². The van der Waals surface area contributed by atoms with Gasteiger partial charge < -0.3 is 23.7 Å². The van der Waals surface area contributed by atoms with Crippen molar-refractivity contribution in [3.63, 3.8) is 0 Å². The molecule has 0 spiro atoms. The molecular formula is C19H19ClO7. The zero-order valence-electron chi connectivity index (χ0n) is 15.3. The van der Waals surface area contributed by atoms with E-state index >= 15 is 0 Å². The highest BCUT2D eigenvalue weighted by Gasteiger charge is 2.19. The van der Waals surface area contributed by atoms with E-state index in [0.717, 1.165) is 0 Å². The van der Waals surface area contributed by atoms with Crippen molar-refractivity contribution >= 4 is 23.4 Å². The molecule has 8 heteroatoms. The lowest BCUT2D eigenvalue weighted by atomic mass is 10.1. The number of esters is 1. The normalized spacial score (nSPS) is 10.1. The van der Waals surface area contributed by atoms with Crippen LogP contribution in [0, 0.1) is 0 Å². The number of carbonyl (C=O) groups is 2. The van der Waals surface area contributed by atoms with Crippen LogP contribution in [-0.4, -0.2) is 46.8 Å². The molecule has 0 atom stereocenters. The first-order valence-electron chi connectivity index (χ1n) is 7.79. The number of ketones is 1. The van der Waals surface area contributed by atoms with E-state index in [1.165, 1.54) is 46.6 Å². The average molecular weight is 395 g/mol. The van der Waals surface area contributed by atoms with E-state index < -0.39 is 18.4 Å². The van der Waals surface area contributed by atoms with E-state index in [0.29, 0.717) is 17.2 Å². The Kier molecular flexibility index (Phi) is 6.90. The highest BCUT2D eigenvalue weighted by Crippen LogP contribution is 2.36. The second-order valence-corrected chi connectivity index (χ2v) is 5.67. The number of methoxy groups -OCH3 is 4. The zero-order valence-corrected chi connectivity index (χ0v) is 16.1. The molecule has 0 saturated carbocycles. The number of rotatable bonds is 8. The first-order chi connectivity index (χ1) is 12.9. The molecule has 0 amide bonds. The predicted octanol–water partition coefficient (Wildman–Crippen LogP) is 3.41. The van der Waals surface area contributed by atoms with Crippen molar-refractivity contribution < 1.29 is 33.3 Å². The van der Waals surface area contributed by atoms with Gasteiger partial charge in [0.25, 0.3) is 0 Å². The van der Waals surface area contributed by atoms with Crippen LogP contribution in [0.2, 0.25) is 5.02 Å². The Hall–Kier alpha value is -2.93. The number of benzene rings is 2. The molecule has 27 heavy (non-hydrogen) atoms. The van der Waals surface area contributed by atoms with Crippen LogP contribution in [0.1, 0.15) is 20.7 Å². The summed E-state index contributed by atoms with van der Waals surface area (Å²) in [6.07, 6.45) is 0. The van der Waals surface area contributed by atoms with Crippen molar-refractivity contribution in [1.82, 2.24) is 0 Å². The molecule has 2 aromatic carbocycles. The van der Waals surface area contributed by atoms with Crippen LogP contribution in [0.4, 0.5) is 0 Å². The van der Waals surface area contributed by atoms with Gasteiger partial charge in [0.15, 0.2) is 18.1 Å². The van der Waals surface area contributed by atoms with Crippen LogP contribution in [0.5, 0.6) is 23.0 Å². The number of hydrogen-bond donors (Lipinski definition) is 0. The number of carbonyl (C=O) groups excluding carboxylic acids is 2. The lowest BCUT2D eigenvalue weighted by Crippen LogP contribution is -2.15. The first-order valence-corrected chi connectivity index (χ1v) is 8.16. The van der Waals surface area contributed by atoms with Gasteiger partial charge in [-0.15, -0.1) is 0 Å². The van der Waals surface area contributed by atoms with E-state index in [2.05, 4.69) is 0 Å².